The molecule has 1 heterocycles. The summed E-state index contributed by atoms with van der Waals surface area (Å²) < 4.78 is 21.8. The second-order valence-electron chi connectivity index (χ2n) is 7.38. The van der Waals surface area contributed by atoms with Crippen molar-refractivity contribution in [3.63, 3.8) is 0 Å². The number of ether oxygens (including phenoxy) is 4. The zero-order valence-electron chi connectivity index (χ0n) is 18.3. The van der Waals surface area contributed by atoms with Gasteiger partial charge in [0, 0.05) is 34.4 Å². The summed E-state index contributed by atoms with van der Waals surface area (Å²) in [7, 11) is 3.21. The van der Waals surface area contributed by atoms with Crippen LogP contribution in [0.25, 0.3) is 10.8 Å². The summed E-state index contributed by atoms with van der Waals surface area (Å²) in [5, 5.41) is 2.34. The van der Waals surface area contributed by atoms with Gasteiger partial charge in [0.15, 0.2) is 23.0 Å². The predicted molar refractivity (Wildman–Crippen MR) is 128 cm³/mol. The smallest absolute Gasteiger partial charge is 0.231 e. The van der Waals surface area contributed by atoms with E-state index in [0.717, 1.165) is 33.4 Å². The van der Waals surface area contributed by atoms with Crippen molar-refractivity contribution in [1.82, 2.24) is 0 Å². The Labute approximate surface area is 192 Å². The highest BCUT2D eigenvalue weighted by molar-refractivity contribution is 5.83. The lowest BCUT2D eigenvalue weighted by Crippen LogP contribution is -1.94. The molecule has 0 saturated heterocycles. The second kappa shape index (κ2) is 8.91. The molecule has 0 aliphatic carbocycles. The van der Waals surface area contributed by atoms with Gasteiger partial charge in [-0.25, -0.2) is 0 Å². The average Bonchev–Trinajstić information content (AvgIpc) is 3.34. The molecule has 0 radical (unpaired) electrons. The van der Waals surface area contributed by atoms with Crippen LogP contribution in [-0.2, 0) is 0 Å². The molecule has 33 heavy (non-hydrogen) atoms. The molecule has 0 N–H and O–H groups in total. The molecule has 1 aliphatic rings. The van der Waals surface area contributed by atoms with Gasteiger partial charge in [-0.05, 0) is 41.1 Å². The lowest BCUT2D eigenvalue weighted by molar-refractivity contribution is 0.174. The van der Waals surface area contributed by atoms with Gasteiger partial charge in [0.2, 0.25) is 6.79 Å². The molecule has 0 saturated carbocycles. The zero-order valence-corrected chi connectivity index (χ0v) is 18.3. The molecule has 0 amide bonds. The Balaban J connectivity index is 1.55. The van der Waals surface area contributed by atoms with Gasteiger partial charge in [0.25, 0.3) is 0 Å². The van der Waals surface area contributed by atoms with Gasteiger partial charge in [0.05, 0.1) is 14.2 Å². The van der Waals surface area contributed by atoms with Gasteiger partial charge < -0.3 is 18.9 Å². The quantitative estimate of drug-likeness (QED) is 0.398. The summed E-state index contributed by atoms with van der Waals surface area (Å²) in [6.07, 6.45) is 0. The first-order valence-corrected chi connectivity index (χ1v) is 10.4. The van der Waals surface area contributed by atoms with Crippen LogP contribution >= 0.6 is 0 Å². The van der Waals surface area contributed by atoms with Gasteiger partial charge >= 0.3 is 0 Å². The van der Waals surface area contributed by atoms with Gasteiger partial charge in [-0.1, -0.05) is 54.0 Å². The number of rotatable bonds is 2. The highest BCUT2D eigenvalue weighted by Gasteiger charge is 2.13. The fourth-order valence-electron chi connectivity index (χ4n) is 3.61. The standard InChI is InChI=1S/C29H20O4/c1-30-27-17-24(12-8-20-7-11-22-5-3-4-6-23(22)15-20)25(18-28(27)31-2)13-9-21-10-14-26-29(16-21)33-19-32-26/h3-7,10-11,14-18H,19H2,1-2H3. The first kappa shape index (κ1) is 20.4. The van der Waals surface area contributed by atoms with Crippen LogP contribution in [-0.4, -0.2) is 21.0 Å². The summed E-state index contributed by atoms with van der Waals surface area (Å²) in [6, 6.07) is 23.8. The van der Waals surface area contributed by atoms with Crippen LogP contribution in [0.5, 0.6) is 23.0 Å². The molecule has 0 unspecified atom stereocenters. The van der Waals surface area contributed by atoms with Gasteiger partial charge in [-0.15, -0.1) is 0 Å². The molecular weight excluding hydrogens is 412 g/mol. The van der Waals surface area contributed by atoms with E-state index in [4.69, 9.17) is 18.9 Å². The first-order valence-electron chi connectivity index (χ1n) is 10.4. The number of fused-ring (bicyclic) bond motifs is 2. The van der Waals surface area contributed by atoms with Crippen LogP contribution in [0.2, 0.25) is 0 Å². The van der Waals surface area contributed by atoms with E-state index >= 15 is 0 Å². The summed E-state index contributed by atoms with van der Waals surface area (Å²) in [5.74, 6) is 15.6. The Kier molecular flexibility index (Phi) is 5.50. The minimum absolute atomic E-state index is 0.233. The molecule has 0 bridgehead atoms. The topological polar surface area (TPSA) is 36.9 Å². The Morgan fingerprint density at radius 2 is 1.21 bits per heavy atom. The third-order valence-electron chi connectivity index (χ3n) is 5.33. The molecular formula is C29H20O4. The highest BCUT2D eigenvalue weighted by Crippen LogP contribution is 2.33. The maximum Gasteiger partial charge on any atom is 0.231 e. The van der Waals surface area contributed by atoms with Gasteiger partial charge in [0.1, 0.15) is 0 Å². The van der Waals surface area contributed by atoms with Crippen molar-refractivity contribution in [3.05, 3.63) is 95.1 Å². The van der Waals surface area contributed by atoms with Crippen molar-refractivity contribution in [2.45, 2.75) is 0 Å². The van der Waals surface area contributed by atoms with Crippen LogP contribution < -0.4 is 18.9 Å². The SMILES string of the molecule is COc1cc(C#Cc2ccc3c(c2)OCO3)c(C#Cc2ccc3ccccc3c2)cc1OC. The van der Waals surface area contributed by atoms with Crippen molar-refractivity contribution >= 4 is 10.8 Å². The van der Waals surface area contributed by atoms with E-state index in [1.807, 2.05) is 48.5 Å². The minimum atomic E-state index is 0.233. The van der Waals surface area contributed by atoms with Crippen LogP contribution in [0.15, 0.2) is 72.8 Å². The van der Waals surface area contributed by atoms with Crippen molar-refractivity contribution in [3.8, 4) is 46.7 Å². The molecule has 5 rings (SSSR count). The van der Waals surface area contributed by atoms with Crippen molar-refractivity contribution < 1.29 is 18.9 Å². The largest absolute Gasteiger partial charge is 0.493 e. The third kappa shape index (κ3) is 4.28. The third-order valence-corrected chi connectivity index (χ3v) is 5.33. The van der Waals surface area contributed by atoms with E-state index in [2.05, 4.69) is 47.9 Å². The van der Waals surface area contributed by atoms with Crippen LogP contribution in [0.3, 0.4) is 0 Å². The minimum Gasteiger partial charge on any atom is -0.493 e. The molecule has 4 heteroatoms. The van der Waals surface area contributed by atoms with Crippen LogP contribution in [0.4, 0.5) is 0 Å². The summed E-state index contributed by atoms with van der Waals surface area (Å²) in [5.41, 5.74) is 3.26. The molecule has 4 aromatic rings. The summed E-state index contributed by atoms with van der Waals surface area (Å²) in [6.45, 7) is 0.233. The number of hydrogen-bond acceptors (Lipinski definition) is 4. The fraction of sp³-hybridized carbons (Fsp3) is 0.103. The normalized spacial score (nSPS) is 11.2. The first-order chi connectivity index (χ1) is 16.2. The molecule has 4 nitrogen and oxygen atoms in total. The Hall–Kier alpha value is -4.54. The van der Waals surface area contributed by atoms with Crippen LogP contribution in [0, 0.1) is 23.7 Å². The van der Waals surface area contributed by atoms with Crippen molar-refractivity contribution in [2.75, 3.05) is 21.0 Å². The fourth-order valence-corrected chi connectivity index (χ4v) is 3.61. The second-order valence-corrected chi connectivity index (χ2v) is 7.38. The Bertz CT molecular complexity index is 1480. The Morgan fingerprint density at radius 3 is 1.91 bits per heavy atom. The number of methoxy groups -OCH3 is 2. The lowest BCUT2D eigenvalue weighted by Gasteiger charge is -2.09. The lowest BCUT2D eigenvalue weighted by atomic mass is 10.0. The average molecular weight is 432 g/mol. The maximum absolute atomic E-state index is 5.48. The molecule has 0 aromatic heterocycles. The molecule has 0 fully saturated rings. The summed E-state index contributed by atoms with van der Waals surface area (Å²) in [4.78, 5) is 0. The summed E-state index contributed by atoms with van der Waals surface area (Å²) >= 11 is 0. The number of hydrogen-bond donors (Lipinski definition) is 0. The number of benzene rings is 4. The molecule has 160 valence electrons. The highest BCUT2D eigenvalue weighted by atomic mass is 16.7. The molecule has 0 spiro atoms. The predicted octanol–water partition coefficient (Wildman–Crippen LogP) is 5.39. The van der Waals surface area contributed by atoms with E-state index < -0.39 is 0 Å². The molecule has 0 atom stereocenters. The van der Waals surface area contributed by atoms with E-state index in [1.54, 1.807) is 14.2 Å². The maximum atomic E-state index is 5.48. The van der Waals surface area contributed by atoms with Crippen LogP contribution in [0.1, 0.15) is 22.3 Å². The van der Waals surface area contributed by atoms with Crippen molar-refractivity contribution in [1.29, 1.82) is 0 Å². The van der Waals surface area contributed by atoms with Gasteiger partial charge in [-0.2, -0.15) is 0 Å². The van der Waals surface area contributed by atoms with E-state index in [1.165, 1.54) is 5.39 Å². The van der Waals surface area contributed by atoms with E-state index in [-0.39, 0.29) is 6.79 Å². The van der Waals surface area contributed by atoms with E-state index in [9.17, 15) is 0 Å². The monoisotopic (exact) mass is 432 g/mol. The molecule has 1 aliphatic heterocycles. The molecule has 4 aromatic carbocycles. The Morgan fingerprint density at radius 1 is 0.606 bits per heavy atom. The van der Waals surface area contributed by atoms with Crippen molar-refractivity contribution in [2.24, 2.45) is 0 Å². The van der Waals surface area contributed by atoms with E-state index in [0.29, 0.717) is 17.2 Å². The zero-order chi connectivity index (χ0) is 22.6. The van der Waals surface area contributed by atoms with Gasteiger partial charge in [-0.3, -0.25) is 0 Å².